The van der Waals surface area contributed by atoms with Crippen molar-refractivity contribution in [3.63, 3.8) is 0 Å². The molecule has 0 radical (unpaired) electrons. The van der Waals surface area contributed by atoms with Crippen LogP contribution in [0.15, 0.2) is 18.2 Å². The van der Waals surface area contributed by atoms with Crippen molar-refractivity contribution in [2.75, 3.05) is 13.1 Å². The third kappa shape index (κ3) is 3.07. The first kappa shape index (κ1) is 17.7. The lowest BCUT2D eigenvalue weighted by Crippen LogP contribution is -2.41. The standard InChI is InChI=1S/C17H22BClFNO3/c1-16(2)17(3,4)24-18(23-16)13-9-11(5-6-14(13)19)15(22)21-8-7-12(20)10-21/h5-6,9,12H,7-8,10H2,1-4H3/t12-/m1/s1. The zero-order valence-corrected chi connectivity index (χ0v) is 15.2. The molecule has 0 aliphatic carbocycles. The number of hydrogen-bond donors (Lipinski definition) is 0. The van der Waals surface area contributed by atoms with E-state index in [1.54, 1.807) is 18.2 Å². The molecule has 1 amide bonds. The maximum atomic E-state index is 13.4. The first-order chi connectivity index (χ1) is 11.1. The van der Waals surface area contributed by atoms with Gasteiger partial charge in [0, 0.05) is 22.6 Å². The zero-order chi connectivity index (χ0) is 17.7. The second kappa shape index (κ2) is 6.01. The van der Waals surface area contributed by atoms with E-state index in [2.05, 4.69) is 0 Å². The molecular weight excluding hydrogens is 331 g/mol. The number of carbonyl (C=O) groups is 1. The Bertz CT molecular complexity index is 651. The molecule has 0 unspecified atom stereocenters. The molecule has 3 rings (SSSR count). The summed E-state index contributed by atoms with van der Waals surface area (Å²) in [6.45, 7) is 8.42. The second-order valence-electron chi connectivity index (χ2n) is 7.46. The molecule has 2 fully saturated rings. The Morgan fingerprint density at radius 3 is 2.46 bits per heavy atom. The van der Waals surface area contributed by atoms with Crippen molar-refractivity contribution in [3.8, 4) is 0 Å². The van der Waals surface area contributed by atoms with Crippen molar-refractivity contribution >= 4 is 30.1 Å². The summed E-state index contributed by atoms with van der Waals surface area (Å²) in [5.74, 6) is -0.190. The smallest absolute Gasteiger partial charge is 0.399 e. The first-order valence-corrected chi connectivity index (χ1v) is 8.57. The Labute approximate surface area is 147 Å². The van der Waals surface area contributed by atoms with E-state index in [4.69, 9.17) is 20.9 Å². The highest BCUT2D eigenvalue weighted by Crippen LogP contribution is 2.37. The summed E-state index contributed by atoms with van der Waals surface area (Å²) in [5, 5.41) is 0.481. The second-order valence-corrected chi connectivity index (χ2v) is 7.87. The number of likely N-dealkylation sites (tertiary alicyclic amines) is 1. The summed E-state index contributed by atoms with van der Waals surface area (Å²) >= 11 is 6.31. The normalized spacial score (nSPS) is 25.3. The van der Waals surface area contributed by atoms with Crippen LogP contribution in [0.1, 0.15) is 44.5 Å². The molecule has 1 aromatic carbocycles. The van der Waals surface area contributed by atoms with Gasteiger partial charge in [0.2, 0.25) is 0 Å². The van der Waals surface area contributed by atoms with Gasteiger partial charge >= 0.3 is 7.12 Å². The van der Waals surface area contributed by atoms with Crippen molar-refractivity contribution in [2.45, 2.75) is 51.5 Å². The van der Waals surface area contributed by atoms with E-state index in [1.165, 1.54) is 4.90 Å². The van der Waals surface area contributed by atoms with Crippen molar-refractivity contribution in [3.05, 3.63) is 28.8 Å². The Hall–Kier alpha value is -1.11. The predicted octanol–water partition coefficient (Wildman–Crippen LogP) is 2.82. The zero-order valence-electron chi connectivity index (χ0n) is 14.4. The van der Waals surface area contributed by atoms with Crippen LogP contribution in [-0.4, -0.2) is 48.4 Å². The number of amides is 1. The van der Waals surface area contributed by atoms with Gasteiger partial charge in [-0.2, -0.15) is 0 Å². The average Bonchev–Trinajstić information content (AvgIpc) is 3.00. The van der Waals surface area contributed by atoms with Gasteiger partial charge in [0.05, 0.1) is 17.7 Å². The van der Waals surface area contributed by atoms with E-state index in [9.17, 15) is 9.18 Å². The quantitative estimate of drug-likeness (QED) is 0.768. The van der Waals surface area contributed by atoms with Gasteiger partial charge in [0.1, 0.15) is 6.17 Å². The van der Waals surface area contributed by atoms with Crippen molar-refractivity contribution in [2.24, 2.45) is 0 Å². The van der Waals surface area contributed by atoms with Crippen LogP contribution < -0.4 is 5.46 Å². The molecule has 0 N–H and O–H groups in total. The number of nitrogens with zero attached hydrogens (tertiary/aromatic N) is 1. The van der Waals surface area contributed by atoms with Crippen LogP contribution in [-0.2, 0) is 9.31 Å². The monoisotopic (exact) mass is 353 g/mol. The van der Waals surface area contributed by atoms with Crippen molar-refractivity contribution in [1.82, 2.24) is 4.90 Å². The average molecular weight is 354 g/mol. The van der Waals surface area contributed by atoms with Gasteiger partial charge in [-0.05, 0) is 52.3 Å². The molecule has 0 spiro atoms. The lowest BCUT2D eigenvalue weighted by atomic mass is 9.78. The Morgan fingerprint density at radius 2 is 1.92 bits per heavy atom. The van der Waals surface area contributed by atoms with Crippen LogP contribution in [0.5, 0.6) is 0 Å². The van der Waals surface area contributed by atoms with Crippen molar-refractivity contribution < 1.29 is 18.5 Å². The van der Waals surface area contributed by atoms with Gasteiger partial charge in [-0.1, -0.05) is 11.6 Å². The predicted molar refractivity (Wildman–Crippen MR) is 92.6 cm³/mol. The molecule has 2 saturated heterocycles. The van der Waals surface area contributed by atoms with Crippen LogP contribution in [0, 0.1) is 0 Å². The fourth-order valence-electron chi connectivity index (χ4n) is 2.91. The van der Waals surface area contributed by atoms with E-state index < -0.39 is 24.5 Å². The lowest BCUT2D eigenvalue weighted by molar-refractivity contribution is 0.00578. The molecule has 2 aliphatic heterocycles. The molecule has 130 valence electrons. The van der Waals surface area contributed by atoms with Gasteiger partial charge < -0.3 is 14.2 Å². The van der Waals surface area contributed by atoms with Gasteiger partial charge in [-0.25, -0.2) is 4.39 Å². The van der Waals surface area contributed by atoms with Gasteiger partial charge in [0.25, 0.3) is 5.91 Å². The Balaban J connectivity index is 1.86. The minimum Gasteiger partial charge on any atom is -0.399 e. The van der Waals surface area contributed by atoms with Crippen LogP contribution >= 0.6 is 11.6 Å². The molecular formula is C17H22BClFNO3. The SMILES string of the molecule is CC1(C)OB(c2cc(C(=O)N3CC[C@@H](F)C3)ccc2Cl)OC1(C)C. The summed E-state index contributed by atoms with van der Waals surface area (Å²) in [7, 11) is -0.636. The summed E-state index contributed by atoms with van der Waals surface area (Å²) in [6, 6.07) is 5.02. The molecule has 24 heavy (non-hydrogen) atoms. The minimum atomic E-state index is -0.941. The number of hydrogen-bond acceptors (Lipinski definition) is 3. The Kier molecular flexibility index (Phi) is 4.43. The highest BCUT2D eigenvalue weighted by atomic mass is 35.5. The molecule has 0 bridgehead atoms. The highest BCUT2D eigenvalue weighted by molar-refractivity contribution is 6.65. The molecule has 0 aromatic heterocycles. The molecule has 2 heterocycles. The van der Waals surface area contributed by atoms with Gasteiger partial charge in [-0.15, -0.1) is 0 Å². The van der Waals surface area contributed by atoms with Crippen molar-refractivity contribution in [1.29, 1.82) is 0 Å². The van der Waals surface area contributed by atoms with E-state index in [0.717, 1.165) is 0 Å². The van der Waals surface area contributed by atoms with E-state index in [-0.39, 0.29) is 12.5 Å². The number of benzene rings is 1. The summed E-state index contributed by atoms with van der Waals surface area (Å²) in [5.41, 5.74) is 0.116. The summed E-state index contributed by atoms with van der Waals surface area (Å²) in [4.78, 5) is 14.1. The minimum absolute atomic E-state index is 0.146. The van der Waals surface area contributed by atoms with E-state index in [0.29, 0.717) is 29.0 Å². The maximum Gasteiger partial charge on any atom is 0.496 e. The molecule has 7 heteroatoms. The summed E-state index contributed by atoms with van der Waals surface area (Å²) < 4.78 is 25.4. The first-order valence-electron chi connectivity index (χ1n) is 8.19. The topological polar surface area (TPSA) is 38.8 Å². The molecule has 0 saturated carbocycles. The number of alkyl halides is 1. The van der Waals surface area contributed by atoms with Crippen LogP contribution in [0.2, 0.25) is 5.02 Å². The van der Waals surface area contributed by atoms with Crippen LogP contribution in [0.3, 0.4) is 0 Å². The number of carbonyl (C=O) groups excluding carboxylic acids is 1. The lowest BCUT2D eigenvalue weighted by Gasteiger charge is -2.32. The van der Waals surface area contributed by atoms with Gasteiger partial charge in [0.15, 0.2) is 0 Å². The Morgan fingerprint density at radius 1 is 1.29 bits per heavy atom. The fraction of sp³-hybridized carbons (Fsp3) is 0.588. The van der Waals surface area contributed by atoms with Crippen LogP contribution in [0.4, 0.5) is 4.39 Å². The fourth-order valence-corrected chi connectivity index (χ4v) is 3.12. The third-order valence-electron chi connectivity index (χ3n) is 5.17. The molecule has 1 aromatic rings. The maximum absolute atomic E-state index is 13.4. The molecule has 4 nitrogen and oxygen atoms in total. The van der Waals surface area contributed by atoms with Crippen LogP contribution in [0.25, 0.3) is 0 Å². The third-order valence-corrected chi connectivity index (χ3v) is 5.51. The largest absolute Gasteiger partial charge is 0.496 e. The summed E-state index contributed by atoms with van der Waals surface area (Å²) in [6.07, 6.45) is -0.549. The molecule has 1 atom stereocenters. The van der Waals surface area contributed by atoms with E-state index >= 15 is 0 Å². The van der Waals surface area contributed by atoms with E-state index in [1.807, 2.05) is 27.7 Å². The molecule has 2 aliphatic rings. The number of rotatable bonds is 2. The van der Waals surface area contributed by atoms with Gasteiger partial charge in [-0.3, -0.25) is 4.79 Å². The number of halogens is 2. The highest BCUT2D eigenvalue weighted by Gasteiger charge is 2.52.